The minimum Gasteiger partial charge on any atom is -0.369 e. The number of nitrogens with zero attached hydrogens (tertiary/aromatic N) is 1. The molecular weight excluding hydrogens is 344 g/mol. The van der Waals surface area contributed by atoms with E-state index in [0.29, 0.717) is 6.04 Å². The molecule has 1 aromatic heterocycles. The van der Waals surface area contributed by atoms with Gasteiger partial charge in [0.25, 0.3) is 0 Å². The summed E-state index contributed by atoms with van der Waals surface area (Å²) in [5.41, 5.74) is 2.67. The Balaban J connectivity index is 2.14. The van der Waals surface area contributed by atoms with E-state index in [1.54, 1.807) is 11.3 Å². The molecule has 2 aromatic rings. The van der Waals surface area contributed by atoms with Crippen LogP contribution in [0.25, 0.3) is 0 Å². The van der Waals surface area contributed by atoms with Gasteiger partial charge in [0.15, 0.2) is 0 Å². The van der Waals surface area contributed by atoms with E-state index in [9.17, 15) is 0 Å². The highest BCUT2D eigenvalue weighted by molar-refractivity contribution is 9.10. The number of rotatable bonds is 7. The summed E-state index contributed by atoms with van der Waals surface area (Å²) in [6.45, 7) is 6.43. The summed E-state index contributed by atoms with van der Waals surface area (Å²) in [7, 11) is 2.17. The molecule has 1 unspecified atom stereocenters. The van der Waals surface area contributed by atoms with Gasteiger partial charge in [0, 0.05) is 33.5 Å². The number of benzene rings is 1. The molecule has 1 N–H and O–H groups in total. The minimum absolute atomic E-state index is 0.374. The van der Waals surface area contributed by atoms with Gasteiger partial charge in [-0.3, -0.25) is 0 Å². The topological polar surface area (TPSA) is 15.3 Å². The molecule has 0 amide bonds. The van der Waals surface area contributed by atoms with E-state index in [-0.39, 0.29) is 0 Å². The van der Waals surface area contributed by atoms with Crippen LogP contribution in [-0.2, 0) is 6.54 Å². The normalized spacial score (nSPS) is 12.4. The maximum absolute atomic E-state index is 3.58. The molecule has 21 heavy (non-hydrogen) atoms. The first kappa shape index (κ1) is 16.5. The number of para-hydroxylation sites is 1. The summed E-state index contributed by atoms with van der Waals surface area (Å²) in [5, 5.41) is 5.72. The van der Waals surface area contributed by atoms with Gasteiger partial charge in [-0.1, -0.05) is 25.1 Å². The number of halogens is 1. The molecule has 0 bridgehead atoms. The molecule has 2 rings (SSSR count). The molecular formula is C17H23BrN2S. The Labute approximate surface area is 140 Å². The number of thiophene rings is 1. The Hall–Kier alpha value is -0.840. The van der Waals surface area contributed by atoms with Crippen molar-refractivity contribution in [1.29, 1.82) is 0 Å². The Morgan fingerprint density at radius 2 is 2.10 bits per heavy atom. The standard InChI is InChI=1S/C17H23BrN2S/c1-4-9-19-13(2)16-7-5-6-8-17(16)20(3)11-15-10-14(18)12-21-15/h5-8,10,12-13,19H,4,9,11H2,1-3H3. The average Bonchev–Trinajstić information content (AvgIpc) is 2.89. The molecule has 0 spiro atoms. The summed E-state index contributed by atoms with van der Waals surface area (Å²) in [6.07, 6.45) is 1.16. The van der Waals surface area contributed by atoms with Gasteiger partial charge < -0.3 is 10.2 Å². The molecule has 1 atom stereocenters. The highest BCUT2D eigenvalue weighted by Crippen LogP contribution is 2.28. The number of hydrogen-bond acceptors (Lipinski definition) is 3. The van der Waals surface area contributed by atoms with Crippen LogP contribution in [0.2, 0.25) is 0 Å². The van der Waals surface area contributed by atoms with E-state index >= 15 is 0 Å². The van der Waals surface area contributed by atoms with Crippen LogP contribution in [0.5, 0.6) is 0 Å². The van der Waals surface area contributed by atoms with Crippen LogP contribution >= 0.6 is 27.3 Å². The van der Waals surface area contributed by atoms with Crippen LogP contribution in [0.4, 0.5) is 5.69 Å². The van der Waals surface area contributed by atoms with Crippen molar-refractivity contribution in [3.05, 3.63) is 50.6 Å². The van der Waals surface area contributed by atoms with Gasteiger partial charge in [-0.05, 0) is 53.5 Å². The third kappa shape index (κ3) is 4.56. The van der Waals surface area contributed by atoms with Crippen molar-refractivity contribution >= 4 is 33.0 Å². The fourth-order valence-electron chi connectivity index (χ4n) is 2.43. The predicted molar refractivity (Wildman–Crippen MR) is 97.3 cm³/mol. The maximum Gasteiger partial charge on any atom is 0.0520 e. The molecule has 0 aliphatic heterocycles. The third-order valence-corrected chi connectivity index (χ3v) is 5.21. The fourth-order valence-corrected chi connectivity index (χ4v) is 3.93. The lowest BCUT2D eigenvalue weighted by Crippen LogP contribution is -2.23. The Morgan fingerprint density at radius 3 is 2.76 bits per heavy atom. The molecule has 0 saturated carbocycles. The maximum atomic E-state index is 3.58. The summed E-state index contributed by atoms with van der Waals surface area (Å²) in [4.78, 5) is 3.70. The van der Waals surface area contributed by atoms with Crippen molar-refractivity contribution in [1.82, 2.24) is 5.32 Å². The van der Waals surface area contributed by atoms with Gasteiger partial charge in [0.2, 0.25) is 0 Å². The minimum atomic E-state index is 0.374. The number of anilines is 1. The van der Waals surface area contributed by atoms with Crippen molar-refractivity contribution in [3.8, 4) is 0 Å². The number of nitrogens with one attached hydrogen (secondary N) is 1. The lowest BCUT2D eigenvalue weighted by atomic mass is 10.1. The highest BCUT2D eigenvalue weighted by Gasteiger charge is 2.13. The average molecular weight is 367 g/mol. The first-order valence-electron chi connectivity index (χ1n) is 7.38. The largest absolute Gasteiger partial charge is 0.369 e. The van der Waals surface area contributed by atoms with Crippen molar-refractivity contribution in [2.24, 2.45) is 0 Å². The first-order valence-corrected chi connectivity index (χ1v) is 9.05. The molecule has 0 radical (unpaired) electrons. The van der Waals surface area contributed by atoms with E-state index in [0.717, 1.165) is 19.5 Å². The molecule has 0 saturated heterocycles. The lowest BCUT2D eigenvalue weighted by molar-refractivity contribution is 0.570. The molecule has 1 heterocycles. The van der Waals surface area contributed by atoms with Gasteiger partial charge in [-0.25, -0.2) is 0 Å². The zero-order valence-electron chi connectivity index (χ0n) is 12.9. The predicted octanol–water partition coefficient (Wildman–Crippen LogP) is 5.21. The van der Waals surface area contributed by atoms with Crippen LogP contribution in [0.1, 0.15) is 36.8 Å². The summed E-state index contributed by atoms with van der Waals surface area (Å²) >= 11 is 5.32. The molecule has 4 heteroatoms. The Bertz CT molecular complexity index is 567. The SMILES string of the molecule is CCCNC(C)c1ccccc1N(C)Cc1cc(Br)cs1. The molecule has 0 aliphatic carbocycles. The Morgan fingerprint density at radius 1 is 1.33 bits per heavy atom. The number of hydrogen-bond donors (Lipinski definition) is 1. The third-order valence-electron chi connectivity index (χ3n) is 3.53. The van der Waals surface area contributed by atoms with Gasteiger partial charge in [0.1, 0.15) is 0 Å². The monoisotopic (exact) mass is 366 g/mol. The Kier molecular flexibility index (Phi) is 6.27. The zero-order valence-corrected chi connectivity index (χ0v) is 15.3. The van der Waals surface area contributed by atoms with Crippen LogP contribution in [0.15, 0.2) is 40.2 Å². The highest BCUT2D eigenvalue weighted by atomic mass is 79.9. The van der Waals surface area contributed by atoms with E-state index in [4.69, 9.17) is 0 Å². The van der Waals surface area contributed by atoms with Crippen molar-refractivity contribution in [3.63, 3.8) is 0 Å². The summed E-state index contributed by atoms with van der Waals surface area (Å²) in [6, 6.07) is 11.2. The first-order chi connectivity index (χ1) is 10.1. The van der Waals surface area contributed by atoms with Crippen molar-refractivity contribution < 1.29 is 0 Å². The summed E-state index contributed by atoms with van der Waals surface area (Å²) < 4.78 is 1.17. The van der Waals surface area contributed by atoms with Crippen LogP contribution in [0, 0.1) is 0 Å². The second-order valence-electron chi connectivity index (χ2n) is 5.32. The van der Waals surface area contributed by atoms with E-state index in [1.165, 1.54) is 20.6 Å². The van der Waals surface area contributed by atoms with Gasteiger partial charge in [-0.15, -0.1) is 11.3 Å². The molecule has 0 fully saturated rings. The van der Waals surface area contributed by atoms with E-state index < -0.39 is 0 Å². The van der Waals surface area contributed by atoms with Crippen molar-refractivity contribution in [2.45, 2.75) is 32.9 Å². The summed E-state index contributed by atoms with van der Waals surface area (Å²) in [5.74, 6) is 0. The molecule has 2 nitrogen and oxygen atoms in total. The van der Waals surface area contributed by atoms with E-state index in [2.05, 4.69) is 82.8 Å². The molecule has 1 aromatic carbocycles. The van der Waals surface area contributed by atoms with Crippen LogP contribution < -0.4 is 10.2 Å². The molecule has 114 valence electrons. The quantitative estimate of drug-likeness (QED) is 0.723. The second-order valence-corrected chi connectivity index (χ2v) is 7.23. The van der Waals surface area contributed by atoms with Crippen LogP contribution in [0.3, 0.4) is 0 Å². The second kappa shape index (κ2) is 7.97. The van der Waals surface area contributed by atoms with Gasteiger partial charge in [0.05, 0.1) is 6.54 Å². The van der Waals surface area contributed by atoms with E-state index in [1.807, 2.05) is 0 Å². The lowest BCUT2D eigenvalue weighted by Gasteiger charge is -2.25. The van der Waals surface area contributed by atoms with Crippen LogP contribution in [-0.4, -0.2) is 13.6 Å². The van der Waals surface area contributed by atoms with Gasteiger partial charge >= 0.3 is 0 Å². The smallest absolute Gasteiger partial charge is 0.0520 e. The van der Waals surface area contributed by atoms with Crippen molar-refractivity contribution in [2.75, 3.05) is 18.5 Å². The zero-order chi connectivity index (χ0) is 15.2. The molecule has 0 aliphatic rings. The van der Waals surface area contributed by atoms with Gasteiger partial charge in [-0.2, -0.15) is 0 Å². The fraction of sp³-hybridized carbons (Fsp3) is 0.412.